The second-order valence-corrected chi connectivity index (χ2v) is 8.51. The van der Waals surface area contributed by atoms with E-state index in [9.17, 15) is 18.8 Å². The smallest absolute Gasteiger partial charge is 0.387 e. The van der Waals surface area contributed by atoms with Crippen LogP contribution in [-0.2, 0) is 5.41 Å². The van der Waals surface area contributed by atoms with E-state index in [1.165, 1.54) is 13.2 Å². The summed E-state index contributed by atoms with van der Waals surface area (Å²) in [5.74, 6) is -0.644. The number of rotatable bonds is 7. The summed E-state index contributed by atoms with van der Waals surface area (Å²) < 4.78 is 38.3. The summed E-state index contributed by atoms with van der Waals surface area (Å²) in [6, 6.07) is 9.27. The van der Waals surface area contributed by atoms with Gasteiger partial charge in [-0.25, -0.2) is 4.98 Å². The highest BCUT2D eigenvalue weighted by atomic mass is 19.3. The minimum atomic E-state index is -3.10. The summed E-state index contributed by atoms with van der Waals surface area (Å²) in [7, 11) is 1.37. The summed E-state index contributed by atoms with van der Waals surface area (Å²) in [6.45, 7) is -3.10. The topological polar surface area (TPSA) is 88.7 Å². The molecule has 2 aliphatic carbocycles. The minimum Gasteiger partial charge on any atom is -0.496 e. The van der Waals surface area contributed by atoms with Gasteiger partial charge in [-0.2, -0.15) is 14.0 Å². The maximum atomic E-state index is 13.2. The van der Waals surface area contributed by atoms with E-state index in [0.717, 1.165) is 37.7 Å². The summed E-state index contributed by atoms with van der Waals surface area (Å²) in [4.78, 5) is 17.2. The number of benzene rings is 1. The van der Waals surface area contributed by atoms with Crippen molar-refractivity contribution < 1.29 is 23.0 Å². The van der Waals surface area contributed by atoms with Gasteiger partial charge >= 0.3 is 6.61 Å². The van der Waals surface area contributed by atoms with Gasteiger partial charge in [0, 0.05) is 17.8 Å². The fraction of sp³-hybridized carbons (Fsp3) is 0.375. The molecule has 1 N–H and O–H groups in total. The van der Waals surface area contributed by atoms with Gasteiger partial charge in [-0.1, -0.05) is 0 Å². The Morgan fingerprint density at radius 2 is 2.06 bits per heavy atom. The second kappa shape index (κ2) is 8.03. The standard InChI is InChI=1S/C24H22F2N4O3/c1-32-18-9-14(10-19(33-23(25)26)21(18)22(31)29-16-3-4-16)17-12-28-20-11-15(5-8-30(17)20)24(13-27)6-2-7-24/h5,8-12,16,23H,2-4,6-7H2,1H3,(H,29,31). The molecule has 33 heavy (non-hydrogen) atoms. The Morgan fingerprint density at radius 3 is 2.67 bits per heavy atom. The quantitative estimate of drug-likeness (QED) is 0.572. The molecule has 0 bridgehead atoms. The first kappa shape index (κ1) is 21.2. The molecule has 2 aromatic heterocycles. The van der Waals surface area contributed by atoms with Crippen LogP contribution in [0.1, 0.15) is 48.0 Å². The van der Waals surface area contributed by atoms with E-state index in [2.05, 4.69) is 16.4 Å². The van der Waals surface area contributed by atoms with E-state index in [1.54, 1.807) is 16.7 Å². The van der Waals surface area contributed by atoms with Gasteiger partial charge in [-0.05, 0) is 61.9 Å². The molecule has 0 radical (unpaired) electrons. The molecule has 2 heterocycles. The lowest BCUT2D eigenvalue weighted by atomic mass is 9.66. The number of fused-ring (bicyclic) bond motifs is 1. The van der Waals surface area contributed by atoms with Gasteiger partial charge in [0.05, 0.1) is 30.5 Å². The van der Waals surface area contributed by atoms with E-state index in [0.29, 0.717) is 16.9 Å². The van der Waals surface area contributed by atoms with Crippen molar-refractivity contribution in [3.05, 3.63) is 47.8 Å². The molecule has 170 valence electrons. The van der Waals surface area contributed by atoms with Crippen molar-refractivity contribution in [2.75, 3.05) is 7.11 Å². The number of pyridine rings is 1. The second-order valence-electron chi connectivity index (χ2n) is 8.51. The minimum absolute atomic E-state index is 0.0432. The zero-order valence-corrected chi connectivity index (χ0v) is 18.0. The number of hydrogen-bond acceptors (Lipinski definition) is 5. The Hall–Kier alpha value is -3.67. The van der Waals surface area contributed by atoms with Crippen molar-refractivity contribution in [1.82, 2.24) is 14.7 Å². The Kier molecular flexibility index (Phi) is 5.16. The van der Waals surface area contributed by atoms with E-state index >= 15 is 0 Å². The predicted octanol–water partition coefficient (Wildman–Crippen LogP) is 4.45. The lowest BCUT2D eigenvalue weighted by Crippen LogP contribution is -2.32. The first-order valence-corrected chi connectivity index (χ1v) is 10.8. The van der Waals surface area contributed by atoms with Crippen LogP contribution in [0.2, 0.25) is 0 Å². The molecule has 1 amide bonds. The van der Waals surface area contributed by atoms with Crippen LogP contribution in [0.25, 0.3) is 16.9 Å². The van der Waals surface area contributed by atoms with Crippen LogP contribution in [0.3, 0.4) is 0 Å². The van der Waals surface area contributed by atoms with Crippen molar-refractivity contribution in [2.24, 2.45) is 0 Å². The fourth-order valence-corrected chi connectivity index (χ4v) is 4.28. The average Bonchev–Trinajstić information content (AvgIpc) is 3.47. The van der Waals surface area contributed by atoms with Crippen molar-refractivity contribution in [1.29, 1.82) is 5.26 Å². The van der Waals surface area contributed by atoms with Crippen LogP contribution in [0.15, 0.2) is 36.7 Å². The van der Waals surface area contributed by atoms with Crippen molar-refractivity contribution in [2.45, 2.75) is 50.2 Å². The van der Waals surface area contributed by atoms with Gasteiger partial charge in [-0.3, -0.25) is 9.20 Å². The SMILES string of the molecule is COc1cc(-c2cnc3cc(C4(C#N)CCC4)ccn23)cc(OC(F)F)c1C(=O)NC1CC1. The molecule has 2 saturated carbocycles. The van der Waals surface area contributed by atoms with E-state index in [4.69, 9.17) is 9.47 Å². The van der Waals surface area contributed by atoms with Crippen LogP contribution in [0.4, 0.5) is 8.78 Å². The molecule has 0 spiro atoms. The van der Waals surface area contributed by atoms with Gasteiger partial charge in [0.15, 0.2) is 0 Å². The largest absolute Gasteiger partial charge is 0.496 e. The molecular formula is C24H22F2N4O3. The van der Waals surface area contributed by atoms with Gasteiger partial charge in [-0.15, -0.1) is 0 Å². The molecule has 0 atom stereocenters. The third-order valence-corrected chi connectivity index (χ3v) is 6.42. The molecule has 7 nitrogen and oxygen atoms in total. The number of ether oxygens (including phenoxy) is 2. The number of nitrogens with one attached hydrogen (secondary N) is 1. The Balaban J connectivity index is 1.58. The summed E-state index contributed by atoms with van der Waals surface area (Å²) in [5, 5.41) is 12.4. The Bertz CT molecular complexity index is 1270. The number of nitriles is 1. The summed E-state index contributed by atoms with van der Waals surface area (Å²) >= 11 is 0. The number of halogens is 2. The molecule has 5 rings (SSSR count). The zero-order chi connectivity index (χ0) is 23.2. The lowest BCUT2D eigenvalue weighted by molar-refractivity contribution is -0.0502. The Morgan fingerprint density at radius 1 is 1.30 bits per heavy atom. The van der Waals surface area contributed by atoms with Crippen molar-refractivity contribution in [3.8, 4) is 28.8 Å². The third kappa shape index (κ3) is 3.75. The maximum absolute atomic E-state index is 13.2. The summed E-state index contributed by atoms with van der Waals surface area (Å²) in [6.07, 6.45) is 7.81. The number of alkyl halides is 2. The van der Waals surface area contributed by atoms with Gasteiger partial charge in [0.2, 0.25) is 0 Å². The van der Waals surface area contributed by atoms with E-state index < -0.39 is 17.9 Å². The Labute approximate surface area is 188 Å². The average molecular weight is 452 g/mol. The molecule has 0 saturated heterocycles. The molecule has 2 fully saturated rings. The summed E-state index contributed by atoms with van der Waals surface area (Å²) in [5.41, 5.74) is 2.14. The number of carbonyl (C=O) groups excluding carboxylic acids is 1. The lowest BCUT2D eigenvalue weighted by Gasteiger charge is -2.35. The molecule has 1 aromatic carbocycles. The van der Waals surface area contributed by atoms with Crippen LogP contribution < -0.4 is 14.8 Å². The number of nitrogens with zero attached hydrogens (tertiary/aromatic N) is 3. The molecular weight excluding hydrogens is 430 g/mol. The molecule has 3 aromatic rings. The normalized spacial score (nSPS) is 16.8. The van der Waals surface area contributed by atoms with Crippen molar-refractivity contribution >= 4 is 11.6 Å². The number of methoxy groups -OCH3 is 1. The molecule has 0 aliphatic heterocycles. The first-order valence-electron chi connectivity index (χ1n) is 10.8. The highest BCUT2D eigenvalue weighted by Crippen LogP contribution is 2.43. The number of imidazole rings is 1. The van der Waals surface area contributed by atoms with Gasteiger partial charge in [0.1, 0.15) is 22.7 Å². The monoisotopic (exact) mass is 452 g/mol. The van der Waals surface area contributed by atoms with Crippen molar-refractivity contribution in [3.63, 3.8) is 0 Å². The highest BCUT2D eigenvalue weighted by Gasteiger charge is 2.39. The number of amides is 1. The molecule has 2 aliphatic rings. The van der Waals surface area contributed by atoms with Crippen LogP contribution >= 0.6 is 0 Å². The highest BCUT2D eigenvalue weighted by molar-refractivity contribution is 6.01. The first-order chi connectivity index (χ1) is 15.9. The van der Waals surface area contributed by atoms with Crippen LogP contribution in [-0.4, -0.2) is 35.1 Å². The predicted molar refractivity (Wildman–Crippen MR) is 115 cm³/mol. The van der Waals surface area contributed by atoms with Crippen LogP contribution in [0.5, 0.6) is 11.5 Å². The number of aromatic nitrogens is 2. The fourth-order valence-electron chi connectivity index (χ4n) is 4.28. The number of carbonyl (C=O) groups is 1. The molecule has 9 heteroatoms. The number of hydrogen-bond donors (Lipinski definition) is 1. The van der Waals surface area contributed by atoms with Gasteiger partial charge in [0.25, 0.3) is 5.91 Å². The van der Waals surface area contributed by atoms with Gasteiger partial charge < -0.3 is 14.8 Å². The maximum Gasteiger partial charge on any atom is 0.387 e. The van der Waals surface area contributed by atoms with E-state index in [1.807, 2.05) is 18.3 Å². The van der Waals surface area contributed by atoms with Crippen LogP contribution in [0, 0.1) is 11.3 Å². The third-order valence-electron chi connectivity index (χ3n) is 6.42. The molecule has 0 unspecified atom stereocenters. The zero-order valence-electron chi connectivity index (χ0n) is 18.0. The van der Waals surface area contributed by atoms with E-state index in [-0.39, 0.29) is 23.1 Å².